The molecule has 1 amide bonds. The number of hydrogen-bond donors (Lipinski definition) is 1. The fourth-order valence-corrected chi connectivity index (χ4v) is 3.77. The molecular weight excluding hydrogens is 465 g/mol. The summed E-state index contributed by atoms with van der Waals surface area (Å²) < 4.78 is 31.3. The molecule has 36 heavy (non-hydrogen) atoms. The van der Waals surface area contributed by atoms with Crippen molar-refractivity contribution < 1.29 is 23.2 Å². The number of benzene rings is 3. The van der Waals surface area contributed by atoms with E-state index in [0.29, 0.717) is 40.6 Å². The van der Waals surface area contributed by atoms with E-state index in [-0.39, 0.29) is 30.2 Å². The maximum absolute atomic E-state index is 13.5. The van der Waals surface area contributed by atoms with E-state index in [4.69, 9.17) is 14.0 Å². The molecule has 0 bridgehead atoms. The van der Waals surface area contributed by atoms with Gasteiger partial charge in [-0.3, -0.25) is 4.79 Å². The Hall–Kier alpha value is -4.99. The van der Waals surface area contributed by atoms with Crippen LogP contribution in [-0.4, -0.2) is 32.4 Å². The molecule has 10 heteroatoms. The van der Waals surface area contributed by atoms with Crippen molar-refractivity contribution in [2.45, 2.75) is 6.54 Å². The third-order valence-electron chi connectivity index (χ3n) is 5.57. The molecule has 3 aromatic carbocycles. The van der Waals surface area contributed by atoms with Gasteiger partial charge < -0.3 is 23.9 Å². The van der Waals surface area contributed by atoms with Crippen LogP contribution in [0.4, 0.5) is 10.1 Å². The van der Waals surface area contributed by atoms with Gasteiger partial charge in [0.25, 0.3) is 11.8 Å². The Kier molecular flexibility index (Phi) is 5.38. The SMILES string of the molecule is O=C(Nc1ccc(Cn2cnc(-c3nc(-c4cccc(F)c4)no3)c2)cc1)c1ccc2c(c1)OCO2. The van der Waals surface area contributed by atoms with Crippen molar-refractivity contribution >= 4 is 11.6 Å². The highest BCUT2D eigenvalue weighted by Crippen LogP contribution is 2.32. The lowest BCUT2D eigenvalue weighted by Gasteiger charge is -2.08. The summed E-state index contributed by atoms with van der Waals surface area (Å²) in [6.45, 7) is 0.708. The van der Waals surface area contributed by atoms with Gasteiger partial charge in [-0.15, -0.1) is 0 Å². The number of fused-ring (bicyclic) bond motifs is 1. The van der Waals surface area contributed by atoms with E-state index in [1.165, 1.54) is 12.1 Å². The monoisotopic (exact) mass is 483 g/mol. The van der Waals surface area contributed by atoms with Gasteiger partial charge in [0, 0.05) is 29.6 Å². The van der Waals surface area contributed by atoms with Crippen molar-refractivity contribution in [3.8, 4) is 34.5 Å². The van der Waals surface area contributed by atoms with Gasteiger partial charge in [0.2, 0.25) is 12.6 Å². The maximum atomic E-state index is 13.5. The molecule has 0 unspecified atom stereocenters. The fraction of sp³-hybridized carbons (Fsp3) is 0.0769. The van der Waals surface area contributed by atoms with Crippen molar-refractivity contribution in [2.24, 2.45) is 0 Å². The largest absolute Gasteiger partial charge is 0.454 e. The molecule has 0 atom stereocenters. The molecule has 0 fully saturated rings. The van der Waals surface area contributed by atoms with Crippen LogP contribution in [0.2, 0.25) is 0 Å². The lowest BCUT2D eigenvalue weighted by molar-refractivity contribution is 0.102. The minimum atomic E-state index is -0.373. The van der Waals surface area contributed by atoms with Crippen LogP contribution in [0.15, 0.2) is 83.8 Å². The summed E-state index contributed by atoms with van der Waals surface area (Å²) in [7, 11) is 0. The number of imidazole rings is 1. The van der Waals surface area contributed by atoms with E-state index in [1.54, 1.807) is 42.9 Å². The van der Waals surface area contributed by atoms with Gasteiger partial charge in [0.1, 0.15) is 11.5 Å². The average molecular weight is 483 g/mol. The number of aromatic nitrogens is 4. The molecule has 3 heterocycles. The third kappa shape index (κ3) is 4.39. The van der Waals surface area contributed by atoms with Crippen LogP contribution in [0.1, 0.15) is 15.9 Å². The summed E-state index contributed by atoms with van der Waals surface area (Å²) in [6.07, 6.45) is 3.45. The first-order valence-electron chi connectivity index (χ1n) is 11.0. The average Bonchev–Trinajstić information content (AvgIpc) is 3.65. The molecule has 0 aliphatic carbocycles. The number of carbonyl (C=O) groups is 1. The topological polar surface area (TPSA) is 104 Å². The summed E-state index contributed by atoms with van der Waals surface area (Å²) in [5, 5.41) is 6.80. The number of halogens is 1. The molecule has 0 radical (unpaired) electrons. The van der Waals surface area contributed by atoms with Gasteiger partial charge >= 0.3 is 0 Å². The first-order valence-corrected chi connectivity index (χ1v) is 11.0. The summed E-state index contributed by atoms with van der Waals surface area (Å²) in [5.41, 5.74) is 3.19. The standard InChI is InChI=1S/C26H18FN5O4/c27-19-3-1-2-17(10-19)24-30-26(36-31-24)21-13-32(14-28-21)12-16-4-7-20(8-5-16)29-25(33)18-6-9-22-23(11-18)35-15-34-22/h1-11,13-14H,12,15H2,(H,29,33). The van der Waals surface area contributed by atoms with Gasteiger partial charge in [-0.05, 0) is 48.0 Å². The van der Waals surface area contributed by atoms with Crippen LogP contribution >= 0.6 is 0 Å². The second-order valence-corrected chi connectivity index (χ2v) is 8.08. The zero-order chi connectivity index (χ0) is 24.5. The molecule has 1 N–H and O–H groups in total. The van der Waals surface area contributed by atoms with Gasteiger partial charge in [-0.1, -0.05) is 29.4 Å². The Labute approximate surface area is 204 Å². The van der Waals surface area contributed by atoms with Crippen LogP contribution in [0.3, 0.4) is 0 Å². The number of amides is 1. The van der Waals surface area contributed by atoms with Gasteiger partial charge in [-0.2, -0.15) is 4.98 Å². The number of rotatable bonds is 6. The molecule has 2 aromatic heterocycles. The number of carbonyl (C=O) groups excluding carboxylic acids is 1. The summed E-state index contributed by atoms with van der Waals surface area (Å²) in [4.78, 5) is 21.2. The normalized spacial score (nSPS) is 12.0. The smallest absolute Gasteiger partial charge is 0.278 e. The van der Waals surface area contributed by atoms with Crippen LogP contribution in [0, 0.1) is 5.82 Å². The number of anilines is 1. The lowest BCUT2D eigenvalue weighted by Crippen LogP contribution is -2.11. The summed E-state index contributed by atoms with van der Waals surface area (Å²) in [6, 6.07) is 18.6. The van der Waals surface area contributed by atoms with Crippen molar-refractivity contribution in [1.29, 1.82) is 0 Å². The highest BCUT2D eigenvalue weighted by atomic mass is 19.1. The maximum Gasteiger partial charge on any atom is 0.278 e. The van der Waals surface area contributed by atoms with Crippen molar-refractivity contribution in [2.75, 3.05) is 12.1 Å². The quantitative estimate of drug-likeness (QED) is 0.371. The zero-order valence-electron chi connectivity index (χ0n) is 18.7. The Bertz CT molecular complexity index is 1560. The first-order chi connectivity index (χ1) is 17.6. The number of hydrogen-bond acceptors (Lipinski definition) is 7. The number of nitrogens with zero attached hydrogens (tertiary/aromatic N) is 4. The van der Waals surface area contributed by atoms with Gasteiger partial charge in [-0.25, -0.2) is 9.37 Å². The van der Waals surface area contributed by atoms with E-state index in [9.17, 15) is 9.18 Å². The highest BCUT2D eigenvalue weighted by molar-refractivity contribution is 6.04. The number of ether oxygens (including phenoxy) is 2. The van der Waals surface area contributed by atoms with E-state index in [2.05, 4.69) is 20.4 Å². The van der Waals surface area contributed by atoms with Crippen LogP contribution in [-0.2, 0) is 6.54 Å². The van der Waals surface area contributed by atoms with E-state index in [1.807, 2.05) is 28.8 Å². The van der Waals surface area contributed by atoms with E-state index in [0.717, 1.165) is 5.56 Å². The Morgan fingerprint density at radius 1 is 1.03 bits per heavy atom. The van der Waals surface area contributed by atoms with Gasteiger partial charge in [0.05, 0.1) is 6.33 Å². The Morgan fingerprint density at radius 2 is 1.89 bits per heavy atom. The molecule has 1 aliphatic rings. The lowest BCUT2D eigenvalue weighted by atomic mass is 10.1. The molecule has 5 aromatic rings. The van der Waals surface area contributed by atoms with Crippen molar-refractivity contribution in [3.63, 3.8) is 0 Å². The first kappa shape index (κ1) is 21.5. The Balaban J connectivity index is 1.10. The molecule has 178 valence electrons. The predicted octanol–water partition coefficient (Wildman–Crippen LogP) is 4.77. The van der Waals surface area contributed by atoms with Crippen LogP contribution in [0.25, 0.3) is 23.0 Å². The zero-order valence-corrected chi connectivity index (χ0v) is 18.7. The molecule has 6 rings (SSSR count). The minimum absolute atomic E-state index is 0.158. The molecule has 0 saturated heterocycles. The Morgan fingerprint density at radius 3 is 2.75 bits per heavy atom. The third-order valence-corrected chi connectivity index (χ3v) is 5.57. The van der Waals surface area contributed by atoms with Crippen molar-refractivity contribution in [3.05, 3.63) is 96.2 Å². The van der Waals surface area contributed by atoms with Crippen LogP contribution < -0.4 is 14.8 Å². The molecule has 1 aliphatic heterocycles. The van der Waals surface area contributed by atoms with Crippen LogP contribution in [0.5, 0.6) is 11.5 Å². The van der Waals surface area contributed by atoms with Crippen molar-refractivity contribution in [1.82, 2.24) is 19.7 Å². The number of nitrogens with one attached hydrogen (secondary N) is 1. The summed E-state index contributed by atoms with van der Waals surface area (Å²) >= 11 is 0. The predicted molar refractivity (Wildman–Crippen MR) is 127 cm³/mol. The second-order valence-electron chi connectivity index (χ2n) is 8.08. The molecule has 9 nitrogen and oxygen atoms in total. The van der Waals surface area contributed by atoms with E-state index < -0.39 is 0 Å². The summed E-state index contributed by atoms with van der Waals surface area (Å²) in [5.74, 6) is 1.11. The molecular formula is C26H18FN5O4. The van der Waals surface area contributed by atoms with E-state index >= 15 is 0 Å². The minimum Gasteiger partial charge on any atom is -0.454 e. The molecule has 0 saturated carbocycles. The fourth-order valence-electron chi connectivity index (χ4n) is 3.77. The highest BCUT2D eigenvalue weighted by Gasteiger charge is 2.17. The van der Waals surface area contributed by atoms with Gasteiger partial charge in [0.15, 0.2) is 11.5 Å². The second kappa shape index (κ2) is 8.99. The molecule has 0 spiro atoms.